The number of nitrogens with zero attached hydrogens (tertiary/aromatic N) is 4. The van der Waals surface area contributed by atoms with Crippen molar-refractivity contribution >= 4 is 11.5 Å². The Morgan fingerprint density at radius 1 is 0.955 bits per heavy atom. The molecule has 5 nitrogen and oxygen atoms in total. The SMILES string of the molecule is COc1ccccc1N1CCN(c2cc(C)nc(C)n2)CC1. The van der Waals surface area contributed by atoms with Crippen LogP contribution in [0.1, 0.15) is 11.5 Å². The summed E-state index contributed by atoms with van der Waals surface area (Å²) in [5.41, 5.74) is 2.19. The highest BCUT2D eigenvalue weighted by molar-refractivity contribution is 5.59. The summed E-state index contributed by atoms with van der Waals surface area (Å²) < 4.78 is 5.47. The van der Waals surface area contributed by atoms with Gasteiger partial charge in [-0.15, -0.1) is 0 Å². The summed E-state index contributed by atoms with van der Waals surface area (Å²) in [6.07, 6.45) is 0. The van der Waals surface area contributed by atoms with Gasteiger partial charge in [-0.1, -0.05) is 12.1 Å². The highest BCUT2D eigenvalue weighted by Crippen LogP contribution is 2.29. The highest BCUT2D eigenvalue weighted by Gasteiger charge is 2.20. The Bertz CT molecular complexity index is 631. The fraction of sp³-hybridized carbons (Fsp3) is 0.412. The van der Waals surface area contributed by atoms with Gasteiger partial charge in [0, 0.05) is 37.9 Å². The second-order valence-electron chi connectivity index (χ2n) is 5.56. The lowest BCUT2D eigenvalue weighted by molar-refractivity contribution is 0.413. The number of hydrogen-bond donors (Lipinski definition) is 0. The first kappa shape index (κ1) is 14.6. The lowest BCUT2D eigenvalue weighted by atomic mass is 10.2. The molecule has 22 heavy (non-hydrogen) atoms. The molecule has 0 atom stereocenters. The number of aromatic nitrogens is 2. The van der Waals surface area contributed by atoms with E-state index in [1.807, 2.05) is 26.0 Å². The maximum atomic E-state index is 5.47. The number of rotatable bonds is 3. The summed E-state index contributed by atoms with van der Waals surface area (Å²) >= 11 is 0. The van der Waals surface area contributed by atoms with E-state index in [4.69, 9.17) is 4.74 Å². The predicted molar refractivity (Wildman–Crippen MR) is 88.9 cm³/mol. The predicted octanol–water partition coefficient (Wildman–Crippen LogP) is 2.43. The van der Waals surface area contributed by atoms with Gasteiger partial charge in [-0.05, 0) is 26.0 Å². The molecular weight excluding hydrogens is 276 g/mol. The maximum Gasteiger partial charge on any atom is 0.142 e. The van der Waals surface area contributed by atoms with Gasteiger partial charge in [0.25, 0.3) is 0 Å². The van der Waals surface area contributed by atoms with Gasteiger partial charge in [0.1, 0.15) is 17.4 Å². The van der Waals surface area contributed by atoms with E-state index < -0.39 is 0 Å². The van der Waals surface area contributed by atoms with E-state index >= 15 is 0 Å². The Kier molecular flexibility index (Phi) is 4.13. The molecule has 0 aliphatic carbocycles. The molecule has 1 aliphatic heterocycles. The van der Waals surface area contributed by atoms with Crippen molar-refractivity contribution in [2.24, 2.45) is 0 Å². The smallest absolute Gasteiger partial charge is 0.142 e. The molecular formula is C17H22N4O. The van der Waals surface area contributed by atoms with Crippen LogP contribution in [0.3, 0.4) is 0 Å². The quantitative estimate of drug-likeness (QED) is 0.870. The van der Waals surface area contributed by atoms with E-state index in [2.05, 4.69) is 38.0 Å². The van der Waals surface area contributed by atoms with Crippen LogP contribution in [0.25, 0.3) is 0 Å². The Morgan fingerprint density at radius 2 is 1.64 bits per heavy atom. The molecule has 2 aromatic rings. The van der Waals surface area contributed by atoms with Gasteiger partial charge in [0.15, 0.2) is 0 Å². The Balaban J connectivity index is 1.72. The lowest BCUT2D eigenvalue weighted by Gasteiger charge is -2.37. The zero-order valence-electron chi connectivity index (χ0n) is 13.4. The molecule has 0 bridgehead atoms. The van der Waals surface area contributed by atoms with Crippen molar-refractivity contribution in [3.63, 3.8) is 0 Å². The van der Waals surface area contributed by atoms with Crippen LogP contribution in [0.15, 0.2) is 30.3 Å². The zero-order valence-corrected chi connectivity index (χ0v) is 13.4. The molecule has 0 saturated carbocycles. The van der Waals surface area contributed by atoms with Gasteiger partial charge in [-0.3, -0.25) is 0 Å². The molecule has 1 aromatic carbocycles. The number of piperazine rings is 1. The summed E-state index contributed by atoms with van der Waals surface area (Å²) in [5.74, 6) is 2.80. The third-order valence-electron chi connectivity index (χ3n) is 3.98. The van der Waals surface area contributed by atoms with Gasteiger partial charge >= 0.3 is 0 Å². The van der Waals surface area contributed by atoms with E-state index in [1.54, 1.807) is 7.11 Å². The third-order valence-corrected chi connectivity index (χ3v) is 3.98. The first-order valence-electron chi connectivity index (χ1n) is 7.62. The van der Waals surface area contributed by atoms with Crippen molar-refractivity contribution < 1.29 is 4.74 Å². The van der Waals surface area contributed by atoms with Crippen LogP contribution >= 0.6 is 0 Å². The Morgan fingerprint density at radius 3 is 2.32 bits per heavy atom. The Hall–Kier alpha value is -2.30. The number of hydrogen-bond acceptors (Lipinski definition) is 5. The molecule has 0 radical (unpaired) electrons. The van der Waals surface area contributed by atoms with Crippen LogP contribution in [0.5, 0.6) is 5.75 Å². The molecule has 3 rings (SSSR count). The molecule has 5 heteroatoms. The summed E-state index contributed by atoms with van der Waals surface area (Å²) in [7, 11) is 1.72. The highest BCUT2D eigenvalue weighted by atomic mass is 16.5. The van der Waals surface area contributed by atoms with Crippen molar-refractivity contribution in [2.75, 3.05) is 43.1 Å². The number of ether oxygens (including phenoxy) is 1. The number of benzene rings is 1. The van der Waals surface area contributed by atoms with Gasteiger partial charge in [-0.25, -0.2) is 9.97 Å². The topological polar surface area (TPSA) is 41.5 Å². The van der Waals surface area contributed by atoms with Crippen LogP contribution in [0.2, 0.25) is 0 Å². The normalized spacial score (nSPS) is 15.0. The van der Waals surface area contributed by atoms with Crippen molar-refractivity contribution in [1.82, 2.24) is 9.97 Å². The molecule has 0 amide bonds. The van der Waals surface area contributed by atoms with Crippen molar-refractivity contribution in [2.45, 2.75) is 13.8 Å². The van der Waals surface area contributed by atoms with Gasteiger partial charge in [0.05, 0.1) is 12.8 Å². The fourth-order valence-electron chi connectivity index (χ4n) is 2.93. The second kappa shape index (κ2) is 6.22. The molecule has 116 valence electrons. The van der Waals surface area contributed by atoms with Crippen LogP contribution < -0.4 is 14.5 Å². The van der Waals surface area contributed by atoms with Gasteiger partial charge in [0.2, 0.25) is 0 Å². The summed E-state index contributed by atoms with van der Waals surface area (Å²) in [5, 5.41) is 0. The van der Waals surface area contributed by atoms with Crippen molar-refractivity contribution in [1.29, 1.82) is 0 Å². The van der Waals surface area contributed by atoms with Crippen LogP contribution in [-0.2, 0) is 0 Å². The van der Waals surface area contributed by atoms with Crippen molar-refractivity contribution in [3.05, 3.63) is 41.9 Å². The minimum absolute atomic E-state index is 0.835. The van der Waals surface area contributed by atoms with E-state index in [0.29, 0.717) is 0 Å². The first-order chi connectivity index (χ1) is 10.7. The minimum atomic E-state index is 0.835. The zero-order chi connectivity index (χ0) is 15.5. The molecule has 0 unspecified atom stereocenters. The monoisotopic (exact) mass is 298 g/mol. The molecule has 1 fully saturated rings. The lowest BCUT2D eigenvalue weighted by Crippen LogP contribution is -2.47. The number of para-hydroxylation sites is 2. The molecule has 0 N–H and O–H groups in total. The van der Waals surface area contributed by atoms with Crippen LogP contribution in [0, 0.1) is 13.8 Å². The largest absolute Gasteiger partial charge is 0.495 e. The fourth-order valence-corrected chi connectivity index (χ4v) is 2.93. The first-order valence-corrected chi connectivity index (χ1v) is 7.62. The summed E-state index contributed by atoms with van der Waals surface area (Å²) in [6, 6.07) is 10.3. The van der Waals surface area contributed by atoms with E-state index in [1.165, 1.54) is 5.69 Å². The van der Waals surface area contributed by atoms with Crippen LogP contribution in [0.4, 0.5) is 11.5 Å². The number of aryl methyl sites for hydroxylation is 2. The maximum absolute atomic E-state index is 5.47. The number of anilines is 2. The Labute approximate surface area is 131 Å². The van der Waals surface area contributed by atoms with E-state index in [9.17, 15) is 0 Å². The average molecular weight is 298 g/mol. The number of methoxy groups -OCH3 is 1. The minimum Gasteiger partial charge on any atom is -0.495 e. The van der Waals surface area contributed by atoms with Crippen LogP contribution in [-0.4, -0.2) is 43.3 Å². The molecule has 0 spiro atoms. The molecule has 1 aliphatic rings. The summed E-state index contributed by atoms with van der Waals surface area (Å²) in [4.78, 5) is 13.6. The van der Waals surface area contributed by atoms with E-state index in [0.717, 1.165) is 49.3 Å². The third kappa shape index (κ3) is 2.98. The van der Waals surface area contributed by atoms with Gasteiger partial charge in [-0.2, -0.15) is 0 Å². The van der Waals surface area contributed by atoms with Gasteiger partial charge < -0.3 is 14.5 Å². The standard InChI is InChI=1S/C17H22N4O/c1-13-12-17(19-14(2)18-13)21-10-8-20(9-11-21)15-6-4-5-7-16(15)22-3/h4-7,12H,8-11H2,1-3H3. The second-order valence-corrected chi connectivity index (χ2v) is 5.56. The molecule has 2 heterocycles. The molecule has 1 aromatic heterocycles. The van der Waals surface area contributed by atoms with Crippen molar-refractivity contribution in [3.8, 4) is 5.75 Å². The average Bonchev–Trinajstić information content (AvgIpc) is 2.54. The summed E-state index contributed by atoms with van der Waals surface area (Å²) in [6.45, 7) is 7.79. The molecule has 1 saturated heterocycles. The van der Waals surface area contributed by atoms with E-state index in [-0.39, 0.29) is 0 Å².